The monoisotopic (exact) mass is 1240 g/mol. The summed E-state index contributed by atoms with van der Waals surface area (Å²) in [5.74, 6) is 1.95. The molecule has 1 aliphatic rings. The maximum Gasteiger partial charge on any atom is 2.00 e. The van der Waals surface area contributed by atoms with Gasteiger partial charge >= 0.3 is 32.8 Å². The van der Waals surface area contributed by atoms with Crippen molar-refractivity contribution in [1.29, 1.82) is 0 Å². The molecule has 12 aromatic rings. The molecule has 0 unspecified atom stereocenters. The number of rotatable bonds is 11. The first kappa shape index (κ1) is 52.9. The van der Waals surface area contributed by atoms with Crippen LogP contribution < -0.4 is 34.6 Å². The van der Waals surface area contributed by atoms with Crippen LogP contribution in [0.15, 0.2) is 255 Å². The molecular formula is C74H60N4OPtSi+2. The standard InChI is InChI=1S/C74H60N4OSi.Pt/c1-73(2,3)55-27-20-28-57(46-55)77-51-76(69-38-22-37-65(72(69)77)54-26-19-25-53(45-54)52-23-11-7-12-24-52)58-29-21-30-59(48-58)79-60-39-41-66-67-50-64(40-42-68(67)78(70(66)49-60)71-47-56(43-44-75-71)74(4,5)6)80(61-31-13-8-14-32-61,62-33-15-9-16-34-62)63-35-17-10-18-36-63;/h7-47,50H,1-6H3;/q;+2. The van der Waals surface area contributed by atoms with Gasteiger partial charge in [0.2, 0.25) is 5.69 Å². The van der Waals surface area contributed by atoms with E-state index in [4.69, 9.17) is 9.72 Å². The van der Waals surface area contributed by atoms with Gasteiger partial charge in [0, 0.05) is 41.4 Å². The van der Waals surface area contributed by atoms with Crippen LogP contribution in [-0.4, -0.2) is 23.6 Å². The van der Waals surface area contributed by atoms with Crippen LogP contribution in [0.5, 0.6) is 11.5 Å². The van der Waals surface area contributed by atoms with Gasteiger partial charge in [0.05, 0.1) is 5.56 Å². The van der Waals surface area contributed by atoms with E-state index in [9.17, 15) is 0 Å². The Morgan fingerprint density at radius 3 is 1.74 bits per heavy atom. The Morgan fingerprint density at radius 2 is 1.06 bits per heavy atom. The van der Waals surface area contributed by atoms with E-state index in [1.807, 2.05) is 24.4 Å². The first-order valence-corrected chi connectivity index (χ1v) is 29.5. The summed E-state index contributed by atoms with van der Waals surface area (Å²) in [4.78, 5) is 5.07. The van der Waals surface area contributed by atoms with Crippen LogP contribution >= 0.6 is 0 Å². The van der Waals surface area contributed by atoms with Crippen molar-refractivity contribution < 1.29 is 25.8 Å². The van der Waals surface area contributed by atoms with Gasteiger partial charge in [-0.1, -0.05) is 234 Å². The van der Waals surface area contributed by atoms with Gasteiger partial charge in [0.1, 0.15) is 11.5 Å². The zero-order chi connectivity index (χ0) is 54.6. The maximum atomic E-state index is 6.90. The summed E-state index contributed by atoms with van der Waals surface area (Å²) in [6, 6.07) is 101. The van der Waals surface area contributed by atoms with E-state index in [2.05, 4.69) is 304 Å². The van der Waals surface area contributed by atoms with Gasteiger partial charge in [-0.05, 0) is 99.7 Å². The zero-order valence-corrected chi connectivity index (χ0v) is 49.5. The molecule has 394 valence electrons. The van der Waals surface area contributed by atoms with Gasteiger partial charge in [-0.2, -0.15) is 12.1 Å². The third-order valence-corrected chi connectivity index (χ3v) is 20.5. The number of ether oxygens (including phenoxy) is 1. The minimum Gasteiger partial charge on any atom is -0.509 e. The van der Waals surface area contributed by atoms with E-state index in [1.54, 1.807) is 0 Å². The van der Waals surface area contributed by atoms with Crippen molar-refractivity contribution in [1.82, 2.24) is 18.7 Å². The average molecular weight is 1240 g/mol. The fourth-order valence-corrected chi connectivity index (χ4v) is 16.4. The second-order valence-corrected chi connectivity index (χ2v) is 26.7. The quantitative estimate of drug-likeness (QED) is 0.0560. The Hall–Kier alpha value is -8.76. The average Bonchev–Trinajstić information content (AvgIpc) is 3.49. The molecule has 0 saturated carbocycles. The van der Waals surface area contributed by atoms with Crippen molar-refractivity contribution >= 4 is 79.4 Å². The first-order chi connectivity index (χ1) is 38.9. The summed E-state index contributed by atoms with van der Waals surface area (Å²) in [5, 5.41) is 7.45. The van der Waals surface area contributed by atoms with Crippen molar-refractivity contribution in [3.8, 4) is 39.6 Å². The molecule has 0 amide bonds. The van der Waals surface area contributed by atoms with Crippen molar-refractivity contribution in [2.45, 2.75) is 52.4 Å². The van der Waals surface area contributed by atoms with Crippen molar-refractivity contribution in [2.75, 3.05) is 0 Å². The number of pyridine rings is 1. The van der Waals surface area contributed by atoms with Crippen molar-refractivity contribution in [3.05, 3.63) is 278 Å². The summed E-state index contributed by atoms with van der Waals surface area (Å²) in [6.07, 6.45) is 1.93. The SMILES string of the molecule is CC(C)(C)c1cccc([N+]2=C=[N+](c3[c-]c(Oc4[c-]c5c(cc4)c4cc([Si](c6ccccc6)(c6ccccc6)c6ccccc6)ccc4n5-c4cc(C(C)(C)C)ccn4)ccc3)c3cccc(-c4cccc(-c5ccccc5)c4)c32)c1.[Pt+2]. The smallest absolute Gasteiger partial charge is 0.509 e. The Morgan fingerprint density at radius 1 is 0.469 bits per heavy atom. The minimum absolute atomic E-state index is 0. The molecule has 13 rings (SSSR count). The summed E-state index contributed by atoms with van der Waals surface area (Å²) in [5.41, 5.74) is 12.6. The van der Waals surface area contributed by atoms with Crippen LogP contribution in [0.3, 0.4) is 0 Å². The number of hydrogen-bond acceptors (Lipinski definition) is 2. The Balaban J connectivity index is 0.00000651. The fraction of sp³-hybridized carbons (Fsp3) is 0.108. The van der Waals surface area contributed by atoms with Crippen molar-refractivity contribution in [3.63, 3.8) is 0 Å². The maximum absolute atomic E-state index is 6.90. The van der Waals surface area contributed by atoms with Crippen LogP contribution in [0.1, 0.15) is 52.7 Å². The number of fused-ring (bicyclic) bond motifs is 4. The summed E-state index contributed by atoms with van der Waals surface area (Å²) in [7, 11) is -2.86. The number of hydrogen-bond donors (Lipinski definition) is 0. The van der Waals surface area contributed by atoms with Gasteiger partial charge in [0.25, 0.3) is 5.69 Å². The third-order valence-electron chi connectivity index (χ3n) is 15.7. The molecule has 0 atom stereocenters. The third kappa shape index (κ3) is 9.74. The summed E-state index contributed by atoms with van der Waals surface area (Å²) >= 11 is 0. The Labute approximate surface area is 490 Å². The Kier molecular flexibility index (Phi) is 14.0. The van der Waals surface area contributed by atoms with E-state index >= 15 is 0 Å². The molecule has 0 saturated heterocycles. The predicted molar refractivity (Wildman–Crippen MR) is 335 cm³/mol. The van der Waals surface area contributed by atoms with Crippen LogP contribution in [0.25, 0.3) is 49.9 Å². The zero-order valence-electron chi connectivity index (χ0n) is 46.3. The molecule has 10 aromatic carbocycles. The summed E-state index contributed by atoms with van der Waals surface area (Å²) in [6.45, 7) is 13.5. The van der Waals surface area contributed by atoms with Gasteiger partial charge in [-0.25, -0.2) is 4.98 Å². The molecule has 0 fully saturated rings. The molecule has 1 aliphatic heterocycles. The first-order valence-electron chi connectivity index (χ1n) is 27.5. The molecule has 81 heavy (non-hydrogen) atoms. The van der Waals surface area contributed by atoms with Crippen LogP contribution in [0, 0.1) is 12.1 Å². The van der Waals surface area contributed by atoms with Gasteiger partial charge in [-0.15, -0.1) is 23.6 Å². The van der Waals surface area contributed by atoms with E-state index < -0.39 is 8.07 Å². The predicted octanol–water partition coefficient (Wildman–Crippen LogP) is 15.7. The van der Waals surface area contributed by atoms with Crippen LogP contribution in [0.4, 0.5) is 22.7 Å². The van der Waals surface area contributed by atoms with Crippen LogP contribution in [-0.2, 0) is 31.9 Å². The Bertz CT molecular complexity index is 4280. The molecule has 0 aliphatic carbocycles. The van der Waals surface area contributed by atoms with Gasteiger partial charge in [-0.3, -0.25) is 0 Å². The molecule has 2 aromatic heterocycles. The number of para-hydroxylation sites is 1. The number of nitrogens with zero attached hydrogens (tertiary/aromatic N) is 4. The van der Waals surface area contributed by atoms with Gasteiger partial charge < -0.3 is 9.30 Å². The molecule has 0 bridgehead atoms. The molecule has 5 nitrogen and oxygen atoms in total. The molecule has 0 N–H and O–H groups in total. The minimum atomic E-state index is -2.86. The number of aromatic nitrogens is 2. The largest absolute Gasteiger partial charge is 2.00 e. The van der Waals surface area contributed by atoms with E-state index in [0.29, 0.717) is 11.5 Å². The molecular weight excluding hydrogens is 1180 g/mol. The van der Waals surface area contributed by atoms with Crippen LogP contribution in [0.2, 0.25) is 0 Å². The summed E-state index contributed by atoms with van der Waals surface area (Å²) < 4.78 is 13.5. The second kappa shape index (κ2) is 21.4. The second-order valence-electron chi connectivity index (χ2n) is 22.8. The number of benzene rings is 10. The molecule has 0 radical (unpaired) electrons. The normalized spacial score (nSPS) is 12.4. The molecule has 3 heterocycles. The van der Waals surface area contributed by atoms with Crippen molar-refractivity contribution in [2.24, 2.45) is 0 Å². The van der Waals surface area contributed by atoms with E-state index in [0.717, 1.165) is 67.1 Å². The van der Waals surface area contributed by atoms with E-state index in [-0.39, 0.29) is 31.9 Å². The van der Waals surface area contributed by atoms with Gasteiger partial charge in [0.15, 0.2) is 8.07 Å². The molecule has 0 spiro atoms. The molecule has 7 heteroatoms. The fourth-order valence-electron chi connectivity index (χ4n) is 11.6. The topological polar surface area (TPSA) is 33.1 Å². The van der Waals surface area contributed by atoms with E-state index in [1.165, 1.54) is 37.4 Å².